The molecule has 3 aromatic rings. The number of ether oxygens (including phenoxy) is 2. The summed E-state index contributed by atoms with van der Waals surface area (Å²) >= 11 is 6.82. The van der Waals surface area contributed by atoms with Gasteiger partial charge in [-0.1, -0.05) is 30.3 Å². The monoisotopic (exact) mass is 440 g/mol. The van der Waals surface area contributed by atoms with Gasteiger partial charge in [0.1, 0.15) is 5.00 Å². The van der Waals surface area contributed by atoms with Crippen LogP contribution in [0, 0.1) is 0 Å². The third-order valence-corrected chi connectivity index (χ3v) is 5.38. The molecular weight excluding hydrogens is 420 g/mol. The van der Waals surface area contributed by atoms with Crippen molar-refractivity contribution in [1.82, 2.24) is 0 Å². The van der Waals surface area contributed by atoms with E-state index in [9.17, 15) is 9.59 Å². The molecule has 0 aliphatic heterocycles. The van der Waals surface area contributed by atoms with E-state index in [0.717, 1.165) is 10.4 Å². The Morgan fingerprint density at radius 3 is 2.33 bits per heavy atom. The molecule has 3 rings (SSSR count). The lowest BCUT2D eigenvalue weighted by molar-refractivity contribution is 0.0527. The molecule has 0 amide bonds. The third-order valence-electron chi connectivity index (χ3n) is 4.08. The van der Waals surface area contributed by atoms with Gasteiger partial charge in [-0.05, 0) is 55.0 Å². The molecule has 1 aromatic heterocycles. The van der Waals surface area contributed by atoms with Gasteiger partial charge in [0.2, 0.25) is 0 Å². The maximum atomic E-state index is 12.4. The quantitative estimate of drug-likeness (QED) is 0.404. The Morgan fingerprint density at radius 1 is 1.00 bits per heavy atom. The zero-order valence-corrected chi connectivity index (χ0v) is 18.1. The van der Waals surface area contributed by atoms with Crippen LogP contribution in [0.2, 0.25) is 0 Å². The lowest BCUT2D eigenvalue weighted by Crippen LogP contribution is -2.20. The van der Waals surface area contributed by atoms with Crippen molar-refractivity contribution in [2.75, 3.05) is 24.4 Å². The number of hydrogen-bond donors (Lipinski definition) is 2. The van der Waals surface area contributed by atoms with Gasteiger partial charge in [-0.2, -0.15) is 0 Å². The number of carbonyl (C=O) groups excluding carboxylic acids is 2. The molecule has 0 aliphatic rings. The highest BCUT2D eigenvalue weighted by atomic mass is 32.1. The van der Waals surface area contributed by atoms with Crippen LogP contribution in [0.25, 0.3) is 10.4 Å². The topological polar surface area (TPSA) is 76.7 Å². The fraction of sp³-hybridized carbons (Fsp3) is 0.136. The zero-order valence-electron chi connectivity index (χ0n) is 16.4. The number of carbonyl (C=O) groups is 2. The van der Waals surface area contributed by atoms with Gasteiger partial charge in [-0.15, -0.1) is 11.3 Å². The fourth-order valence-corrected chi connectivity index (χ4v) is 4.00. The smallest absolute Gasteiger partial charge is 0.341 e. The van der Waals surface area contributed by atoms with E-state index in [2.05, 4.69) is 10.6 Å². The highest BCUT2D eigenvalue weighted by Gasteiger charge is 2.19. The number of benzene rings is 2. The average Bonchev–Trinajstić information content (AvgIpc) is 3.18. The van der Waals surface area contributed by atoms with Crippen LogP contribution in [0.15, 0.2) is 60.7 Å². The molecule has 30 heavy (non-hydrogen) atoms. The van der Waals surface area contributed by atoms with E-state index >= 15 is 0 Å². The number of esters is 2. The lowest BCUT2D eigenvalue weighted by atomic mass is 10.1. The molecule has 8 heteroatoms. The summed E-state index contributed by atoms with van der Waals surface area (Å²) in [6.45, 7) is 2.05. The van der Waals surface area contributed by atoms with Gasteiger partial charge < -0.3 is 20.1 Å². The molecule has 0 spiro atoms. The van der Waals surface area contributed by atoms with Crippen LogP contribution in [0.5, 0.6) is 0 Å². The fourth-order valence-electron chi connectivity index (χ4n) is 2.66. The first-order valence-corrected chi connectivity index (χ1v) is 10.4. The minimum absolute atomic E-state index is 0.282. The van der Waals surface area contributed by atoms with Gasteiger partial charge in [-0.3, -0.25) is 0 Å². The summed E-state index contributed by atoms with van der Waals surface area (Å²) in [5, 5.41) is 7.03. The van der Waals surface area contributed by atoms with Crippen molar-refractivity contribution in [2.45, 2.75) is 6.92 Å². The Hall–Kier alpha value is -3.23. The maximum Gasteiger partial charge on any atom is 0.341 e. The van der Waals surface area contributed by atoms with Crippen molar-refractivity contribution in [3.8, 4) is 10.4 Å². The second-order valence-corrected chi connectivity index (χ2v) is 7.55. The van der Waals surface area contributed by atoms with Crippen molar-refractivity contribution in [2.24, 2.45) is 0 Å². The van der Waals surface area contributed by atoms with Crippen molar-refractivity contribution in [3.63, 3.8) is 0 Å². The zero-order chi connectivity index (χ0) is 21.5. The largest absolute Gasteiger partial charge is 0.465 e. The molecular formula is C22H20N2O4S2. The summed E-state index contributed by atoms with van der Waals surface area (Å²) in [6, 6.07) is 18.3. The van der Waals surface area contributed by atoms with Crippen molar-refractivity contribution < 1.29 is 19.1 Å². The number of anilines is 2. The Labute approximate surface area is 183 Å². The molecule has 1 heterocycles. The summed E-state index contributed by atoms with van der Waals surface area (Å²) in [5.74, 6) is -0.822. The van der Waals surface area contributed by atoms with E-state index in [1.165, 1.54) is 18.4 Å². The number of nitrogens with one attached hydrogen (secondary N) is 2. The summed E-state index contributed by atoms with van der Waals surface area (Å²) in [5.41, 5.74) is 2.55. The van der Waals surface area contributed by atoms with Crippen molar-refractivity contribution in [3.05, 3.63) is 71.8 Å². The molecule has 0 unspecified atom stereocenters. The molecule has 0 atom stereocenters. The van der Waals surface area contributed by atoms with Crippen molar-refractivity contribution in [1.29, 1.82) is 0 Å². The lowest BCUT2D eigenvalue weighted by Gasteiger charge is -2.11. The minimum Gasteiger partial charge on any atom is -0.465 e. The first-order chi connectivity index (χ1) is 14.5. The molecule has 0 fully saturated rings. The van der Waals surface area contributed by atoms with E-state index in [1.807, 2.05) is 30.3 Å². The third kappa shape index (κ3) is 5.22. The van der Waals surface area contributed by atoms with Gasteiger partial charge in [0.25, 0.3) is 0 Å². The van der Waals surface area contributed by atoms with E-state index in [4.69, 9.17) is 21.7 Å². The number of hydrogen-bond acceptors (Lipinski definition) is 6. The second kappa shape index (κ2) is 10.00. The van der Waals surface area contributed by atoms with Crippen LogP contribution < -0.4 is 10.6 Å². The van der Waals surface area contributed by atoms with Crippen LogP contribution in [0.4, 0.5) is 10.7 Å². The van der Waals surface area contributed by atoms with Crippen molar-refractivity contribution >= 4 is 51.3 Å². The van der Waals surface area contributed by atoms with Crippen LogP contribution in [0.3, 0.4) is 0 Å². The number of rotatable bonds is 6. The highest BCUT2D eigenvalue weighted by molar-refractivity contribution is 7.80. The molecule has 2 aromatic carbocycles. The minimum atomic E-state index is -0.413. The highest BCUT2D eigenvalue weighted by Crippen LogP contribution is 2.36. The molecule has 0 radical (unpaired) electrons. The molecule has 0 aliphatic carbocycles. The Bertz CT molecular complexity index is 1050. The Kier molecular flexibility index (Phi) is 7.16. The number of thiocarbonyl (C=S) groups is 1. The number of thiophene rings is 1. The SMILES string of the molecule is CCOC(=O)c1cc(-c2ccccc2)sc1NC(=S)Nc1ccc(C(=O)OC)cc1. The van der Waals surface area contributed by atoms with Crippen LogP contribution in [0.1, 0.15) is 27.6 Å². The van der Waals surface area contributed by atoms with Crippen LogP contribution >= 0.6 is 23.6 Å². The second-order valence-electron chi connectivity index (χ2n) is 6.09. The van der Waals surface area contributed by atoms with E-state index in [-0.39, 0.29) is 6.61 Å². The van der Waals surface area contributed by atoms with Crippen LogP contribution in [-0.4, -0.2) is 30.8 Å². The predicted molar refractivity (Wildman–Crippen MR) is 123 cm³/mol. The molecule has 154 valence electrons. The van der Waals surface area contributed by atoms with Crippen LogP contribution in [-0.2, 0) is 9.47 Å². The van der Waals surface area contributed by atoms with Gasteiger partial charge in [0.15, 0.2) is 5.11 Å². The first-order valence-electron chi connectivity index (χ1n) is 9.14. The van der Waals surface area contributed by atoms with E-state index in [0.29, 0.717) is 26.9 Å². The van der Waals surface area contributed by atoms with E-state index in [1.54, 1.807) is 37.3 Å². The van der Waals surface area contributed by atoms with Gasteiger partial charge >= 0.3 is 11.9 Å². The molecule has 0 bridgehead atoms. The summed E-state index contributed by atoms with van der Waals surface area (Å²) in [6.07, 6.45) is 0. The molecule has 0 saturated carbocycles. The predicted octanol–water partition coefficient (Wildman–Crippen LogP) is 5.19. The Morgan fingerprint density at radius 2 is 1.70 bits per heavy atom. The maximum absolute atomic E-state index is 12.4. The van der Waals surface area contributed by atoms with E-state index < -0.39 is 11.9 Å². The summed E-state index contributed by atoms with van der Waals surface area (Å²) in [7, 11) is 1.33. The summed E-state index contributed by atoms with van der Waals surface area (Å²) < 4.78 is 9.87. The molecule has 0 saturated heterocycles. The standard InChI is InChI=1S/C22H20N2O4S2/c1-3-28-21(26)17-13-18(14-7-5-4-6-8-14)30-19(17)24-22(29)23-16-11-9-15(10-12-16)20(25)27-2/h4-13H,3H2,1-2H3,(H2,23,24,29). The van der Waals surface area contributed by atoms with Gasteiger partial charge in [0.05, 0.1) is 24.8 Å². The normalized spacial score (nSPS) is 10.2. The Balaban J connectivity index is 1.78. The summed E-state index contributed by atoms with van der Waals surface area (Å²) in [4.78, 5) is 24.9. The first kappa shape index (κ1) is 21.5. The average molecular weight is 441 g/mol. The van der Waals surface area contributed by atoms with Gasteiger partial charge in [-0.25, -0.2) is 9.59 Å². The number of methoxy groups -OCH3 is 1. The molecule has 2 N–H and O–H groups in total. The molecule has 6 nitrogen and oxygen atoms in total. The van der Waals surface area contributed by atoms with Gasteiger partial charge in [0, 0.05) is 10.6 Å².